The lowest BCUT2D eigenvalue weighted by Gasteiger charge is -2.26. The Kier molecular flexibility index (Phi) is 8.55. The van der Waals surface area contributed by atoms with E-state index in [1.807, 2.05) is 0 Å². The van der Waals surface area contributed by atoms with Gasteiger partial charge in [-0.05, 0) is 92.5 Å². The van der Waals surface area contributed by atoms with Crippen molar-refractivity contribution < 1.29 is 4.74 Å². The highest BCUT2D eigenvalue weighted by molar-refractivity contribution is 5.99. The summed E-state index contributed by atoms with van der Waals surface area (Å²) in [6.07, 6.45) is 0. The molecule has 0 saturated heterocycles. The monoisotopic (exact) mass is 715 g/mol. The van der Waals surface area contributed by atoms with Gasteiger partial charge >= 0.3 is 0 Å². The molecule has 0 spiro atoms. The lowest BCUT2D eigenvalue weighted by atomic mass is 9.88. The van der Waals surface area contributed by atoms with E-state index < -0.39 is 0 Å². The first-order chi connectivity index (χ1) is 27.8. The maximum Gasteiger partial charge on any atom is 0.143 e. The fourth-order valence-corrected chi connectivity index (χ4v) is 7.99. The first-order valence-corrected chi connectivity index (χ1v) is 19.1. The molecule has 0 aliphatic carbocycles. The number of para-hydroxylation sites is 1. The largest absolute Gasteiger partial charge is 0.455 e. The summed E-state index contributed by atoms with van der Waals surface area (Å²) in [5, 5.41) is 0. The lowest BCUT2D eigenvalue weighted by molar-refractivity contribution is 0.489. The Morgan fingerprint density at radius 2 is 0.625 bits per heavy atom. The van der Waals surface area contributed by atoms with Gasteiger partial charge in [0.15, 0.2) is 0 Å². The predicted octanol–water partition coefficient (Wildman–Crippen LogP) is 15.3. The van der Waals surface area contributed by atoms with Gasteiger partial charge in [0.1, 0.15) is 11.5 Å². The molecule has 0 atom stereocenters. The van der Waals surface area contributed by atoms with Gasteiger partial charge in [-0.3, -0.25) is 0 Å². The quantitative estimate of drug-likeness (QED) is 0.163. The molecular formula is C54H37NO. The SMILES string of the molecule is c1ccc(-c2ccc(N(c3ccc(-c4ccccc4)cc3)c3ccc(-c4cccc5c4Oc4cccc(-c6ccccc6)c4-c4ccccc4-5)cc3)cc2)cc1. The number of nitrogens with zero attached hydrogens (tertiary/aromatic N) is 1. The van der Waals surface area contributed by atoms with Crippen molar-refractivity contribution in [3.8, 4) is 78.3 Å². The number of ether oxygens (including phenoxy) is 1. The summed E-state index contributed by atoms with van der Waals surface area (Å²) < 4.78 is 7.03. The maximum atomic E-state index is 7.03. The van der Waals surface area contributed by atoms with Crippen LogP contribution in [0.2, 0.25) is 0 Å². The number of benzene rings is 9. The number of hydrogen-bond donors (Lipinski definition) is 0. The molecular weight excluding hydrogens is 679 g/mol. The van der Waals surface area contributed by atoms with E-state index in [-0.39, 0.29) is 0 Å². The Balaban J connectivity index is 1.06. The van der Waals surface area contributed by atoms with Gasteiger partial charge < -0.3 is 9.64 Å². The van der Waals surface area contributed by atoms with Gasteiger partial charge in [0.05, 0.1) is 0 Å². The summed E-state index contributed by atoms with van der Waals surface area (Å²) >= 11 is 0. The number of anilines is 3. The van der Waals surface area contributed by atoms with Crippen molar-refractivity contribution in [1.82, 2.24) is 0 Å². The molecule has 0 radical (unpaired) electrons. The van der Waals surface area contributed by atoms with Crippen molar-refractivity contribution in [2.45, 2.75) is 0 Å². The first-order valence-electron chi connectivity index (χ1n) is 19.1. The van der Waals surface area contributed by atoms with Gasteiger partial charge in [-0.2, -0.15) is 0 Å². The Bertz CT molecular complexity index is 2690. The fraction of sp³-hybridized carbons (Fsp3) is 0. The second kappa shape index (κ2) is 14.4. The van der Waals surface area contributed by atoms with Crippen LogP contribution in [0.4, 0.5) is 17.1 Å². The van der Waals surface area contributed by atoms with Crippen molar-refractivity contribution in [2.24, 2.45) is 0 Å². The van der Waals surface area contributed by atoms with Crippen LogP contribution in [0.25, 0.3) is 66.8 Å². The standard InChI is InChI=1S/C54H37NO/c1-4-14-38(15-5-1)40-26-32-44(33-27-40)55(45-34-28-41(29-35-45)39-16-6-2-7-17-39)46-36-30-43(31-37-46)48-23-12-24-51-49-20-10-11-21-50(49)53-47(42-18-8-3-9-19-42)22-13-25-52(53)56-54(48)51/h1-37H. The van der Waals surface area contributed by atoms with Crippen LogP contribution >= 0.6 is 0 Å². The summed E-state index contributed by atoms with van der Waals surface area (Å²) in [4.78, 5) is 2.33. The average Bonchev–Trinajstić information content (AvgIpc) is 3.43. The molecule has 0 unspecified atom stereocenters. The van der Waals surface area contributed by atoms with E-state index in [9.17, 15) is 0 Å². The molecule has 1 aliphatic rings. The van der Waals surface area contributed by atoms with Crippen LogP contribution in [0.15, 0.2) is 224 Å². The van der Waals surface area contributed by atoms with Crippen molar-refractivity contribution >= 4 is 17.1 Å². The number of hydrogen-bond acceptors (Lipinski definition) is 2. The highest BCUT2D eigenvalue weighted by Crippen LogP contribution is 2.52. The second-order valence-corrected chi connectivity index (χ2v) is 14.1. The minimum atomic E-state index is 0.852. The molecule has 0 saturated carbocycles. The molecule has 1 heterocycles. The summed E-state index contributed by atoms with van der Waals surface area (Å²) in [7, 11) is 0. The topological polar surface area (TPSA) is 12.5 Å². The molecule has 2 heteroatoms. The Labute approximate surface area is 328 Å². The Morgan fingerprint density at radius 1 is 0.250 bits per heavy atom. The van der Waals surface area contributed by atoms with E-state index in [0.29, 0.717) is 0 Å². The molecule has 0 N–H and O–H groups in total. The summed E-state index contributed by atoms with van der Waals surface area (Å²) in [5.74, 6) is 1.72. The van der Waals surface area contributed by atoms with Gasteiger partial charge in [0.2, 0.25) is 0 Å². The molecule has 0 bridgehead atoms. The third-order valence-electron chi connectivity index (χ3n) is 10.7. The molecule has 9 aromatic rings. The molecule has 1 aliphatic heterocycles. The van der Waals surface area contributed by atoms with E-state index in [1.54, 1.807) is 0 Å². The molecule has 0 aromatic heterocycles. The lowest BCUT2D eigenvalue weighted by Crippen LogP contribution is -2.09. The van der Waals surface area contributed by atoms with Crippen LogP contribution in [-0.4, -0.2) is 0 Å². The third kappa shape index (κ3) is 6.14. The zero-order valence-corrected chi connectivity index (χ0v) is 30.7. The molecule has 264 valence electrons. The molecule has 2 nitrogen and oxygen atoms in total. The first kappa shape index (κ1) is 33.2. The minimum Gasteiger partial charge on any atom is -0.455 e. The van der Waals surface area contributed by atoms with E-state index in [2.05, 4.69) is 229 Å². The molecule has 9 aromatic carbocycles. The zero-order chi connectivity index (χ0) is 37.3. The van der Waals surface area contributed by atoms with Gasteiger partial charge in [0, 0.05) is 33.8 Å². The highest BCUT2D eigenvalue weighted by Gasteiger charge is 2.25. The van der Waals surface area contributed by atoms with Gasteiger partial charge in [-0.1, -0.05) is 182 Å². The van der Waals surface area contributed by atoms with E-state index in [0.717, 1.165) is 61.9 Å². The molecule has 10 rings (SSSR count). The maximum absolute atomic E-state index is 7.03. The third-order valence-corrected chi connectivity index (χ3v) is 10.7. The predicted molar refractivity (Wildman–Crippen MR) is 234 cm³/mol. The molecule has 0 fully saturated rings. The second-order valence-electron chi connectivity index (χ2n) is 14.1. The average molecular weight is 716 g/mol. The van der Waals surface area contributed by atoms with E-state index in [1.165, 1.54) is 33.4 Å². The van der Waals surface area contributed by atoms with Crippen molar-refractivity contribution in [3.63, 3.8) is 0 Å². The zero-order valence-electron chi connectivity index (χ0n) is 30.7. The number of fused-ring (bicyclic) bond motifs is 5. The van der Waals surface area contributed by atoms with Crippen LogP contribution in [0, 0.1) is 0 Å². The minimum absolute atomic E-state index is 0.852. The fourth-order valence-electron chi connectivity index (χ4n) is 7.99. The van der Waals surface area contributed by atoms with Crippen molar-refractivity contribution in [1.29, 1.82) is 0 Å². The summed E-state index contributed by atoms with van der Waals surface area (Å²) in [6.45, 7) is 0. The van der Waals surface area contributed by atoms with Crippen LogP contribution in [0.3, 0.4) is 0 Å². The molecule has 56 heavy (non-hydrogen) atoms. The van der Waals surface area contributed by atoms with Gasteiger partial charge in [0.25, 0.3) is 0 Å². The van der Waals surface area contributed by atoms with Crippen molar-refractivity contribution in [3.05, 3.63) is 224 Å². The number of rotatable bonds is 7. The van der Waals surface area contributed by atoms with Crippen LogP contribution in [-0.2, 0) is 0 Å². The summed E-state index contributed by atoms with van der Waals surface area (Å²) in [5.41, 5.74) is 17.0. The van der Waals surface area contributed by atoms with Crippen LogP contribution in [0.5, 0.6) is 11.5 Å². The van der Waals surface area contributed by atoms with Crippen LogP contribution in [0.1, 0.15) is 0 Å². The summed E-state index contributed by atoms with van der Waals surface area (Å²) in [6, 6.07) is 79.8. The normalized spacial score (nSPS) is 11.4. The Morgan fingerprint density at radius 3 is 1.18 bits per heavy atom. The van der Waals surface area contributed by atoms with Crippen molar-refractivity contribution in [2.75, 3.05) is 4.90 Å². The van der Waals surface area contributed by atoms with Gasteiger partial charge in [-0.25, -0.2) is 0 Å². The molecule has 0 amide bonds. The van der Waals surface area contributed by atoms with E-state index >= 15 is 0 Å². The van der Waals surface area contributed by atoms with Crippen LogP contribution < -0.4 is 9.64 Å². The van der Waals surface area contributed by atoms with E-state index in [4.69, 9.17) is 4.74 Å². The van der Waals surface area contributed by atoms with Gasteiger partial charge in [-0.15, -0.1) is 0 Å². The Hall–Kier alpha value is -7.42. The highest BCUT2D eigenvalue weighted by atomic mass is 16.5. The smallest absolute Gasteiger partial charge is 0.143 e.